The van der Waals surface area contributed by atoms with Crippen molar-refractivity contribution in [3.8, 4) is 0 Å². The number of thiol groups is 1. The van der Waals surface area contributed by atoms with Gasteiger partial charge in [0.1, 0.15) is 5.57 Å². The summed E-state index contributed by atoms with van der Waals surface area (Å²) in [5.41, 5.74) is 5.35. The number of hydrogen-bond acceptors (Lipinski definition) is 5. The fraction of sp³-hybridized carbons (Fsp3) is 0.444. The zero-order chi connectivity index (χ0) is 11.6. The summed E-state index contributed by atoms with van der Waals surface area (Å²) < 4.78 is 0. The van der Waals surface area contributed by atoms with Crippen LogP contribution in [-0.4, -0.2) is 35.9 Å². The minimum Gasteiger partial charge on any atom is -0.321 e. The number of carbonyl (C=O) groups is 3. The average Bonchev–Trinajstić information content (AvgIpc) is 2.51. The van der Waals surface area contributed by atoms with Gasteiger partial charge >= 0.3 is 11.8 Å². The summed E-state index contributed by atoms with van der Waals surface area (Å²) >= 11 is 3.87. The minimum atomic E-state index is -0.826. The third-order valence-electron chi connectivity index (χ3n) is 2.24. The molecule has 0 spiro atoms. The number of likely N-dealkylation sites (N-methyl/N-ethyl adjacent to an activating group) is 1. The van der Waals surface area contributed by atoms with Crippen LogP contribution >= 0.6 is 12.6 Å². The molecule has 1 rings (SSSR count). The van der Waals surface area contributed by atoms with Gasteiger partial charge in [-0.3, -0.25) is 4.79 Å². The molecule has 1 unspecified atom stereocenters. The Kier molecular flexibility index (Phi) is 3.78. The third kappa shape index (κ3) is 2.17. The van der Waals surface area contributed by atoms with Crippen LogP contribution in [0.4, 0.5) is 0 Å². The summed E-state index contributed by atoms with van der Waals surface area (Å²) in [6.07, 6.45) is 1.08. The molecular weight excluding hydrogens is 216 g/mol. The van der Waals surface area contributed by atoms with E-state index in [2.05, 4.69) is 12.6 Å². The Labute approximate surface area is 92.7 Å². The molecule has 82 valence electrons. The van der Waals surface area contributed by atoms with Crippen molar-refractivity contribution >= 4 is 30.2 Å². The van der Waals surface area contributed by atoms with Crippen LogP contribution in [0.1, 0.15) is 6.92 Å². The van der Waals surface area contributed by atoms with Gasteiger partial charge in [0.05, 0.1) is 18.7 Å². The number of Topliss-reactive ketones (excluding diaryl/α,β-unsaturated/α-hetero) is 1. The van der Waals surface area contributed by atoms with Crippen LogP contribution in [-0.2, 0) is 14.4 Å². The number of carbonyl (C=O) groups excluding carboxylic acids is 3. The number of nitrogens with one attached hydrogen (secondary N) is 1. The predicted octanol–water partition coefficient (Wildman–Crippen LogP) is -2.29. The molecule has 0 aromatic carbocycles. The molecule has 6 heteroatoms. The second kappa shape index (κ2) is 4.69. The first-order chi connectivity index (χ1) is 7.02. The summed E-state index contributed by atoms with van der Waals surface area (Å²) in [6.45, 7) is 2.03. The van der Waals surface area contributed by atoms with E-state index in [0.717, 1.165) is 6.08 Å². The van der Waals surface area contributed by atoms with Crippen molar-refractivity contribution < 1.29 is 19.3 Å². The van der Waals surface area contributed by atoms with Crippen LogP contribution in [0.2, 0.25) is 0 Å². The molecule has 0 saturated heterocycles. The molecule has 1 heterocycles. The van der Waals surface area contributed by atoms with Crippen LogP contribution in [0.3, 0.4) is 0 Å². The first kappa shape index (κ1) is 12.1. The summed E-state index contributed by atoms with van der Waals surface area (Å²) in [7, 11) is 0. The van der Waals surface area contributed by atoms with Gasteiger partial charge in [0.15, 0.2) is 5.78 Å². The van der Waals surface area contributed by atoms with Gasteiger partial charge < -0.3 is 5.73 Å². The number of rotatable bonds is 4. The zero-order valence-corrected chi connectivity index (χ0v) is 9.21. The van der Waals surface area contributed by atoms with Crippen molar-refractivity contribution in [2.24, 2.45) is 5.73 Å². The van der Waals surface area contributed by atoms with E-state index >= 15 is 0 Å². The highest BCUT2D eigenvalue weighted by Crippen LogP contribution is 2.03. The molecule has 2 amide bonds. The number of hydrogen-bond donors (Lipinski definition) is 3. The van der Waals surface area contributed by atoms with Gasteiger partial charge in [-0.05, 0) is 6.92 Å². The number of nitrogens with two attached hydrogens (primary N) is 1. The normalized spacial score (nSPS) is 22.9. The van der Waals surface area contributed by atoms with E-state index in [-0.39, 0.29) is 22.1 Å². The molecule has 0 fully saturated rings. The van der Waals surface area contributed by atoms with E-state index in [1.165, 1.54) is 0 Å². The zero-order valence-electron chi connectivity index (χ0n) is 8.32. The van der Waals surface area contributed by atoms with E-state index in [4.69, 9.17) is 5.73 Å². The molecule has 3 N–H and O–H groups in total. The van der Waals surface area contributed by atoms with Gasteiger partial charge in [-0.25, -0.2) is 14.5 Å². The van der Waals surface area contributed by atoms with Crippen molar-refractivity contribution in [3.05, 3.63) is 11.6 Å². The summed E-state index contributed by atoms with van der Waals surface area (Å²) in [5, 5.41) is 0. The lowest BCUT2D eigenvalue weighted by Gasteiger charge is -2.07. The monoisotopic (exact) mass is 229 g/mol. The molecule has 0 aromatic heterocycles. The standard InChI is InChI=1S/C9H12N2O3S/c1-2-11-7(12)3-5(9(11)14)8(13)6(10)4-15/h3,6,15H,2,4,10H2,1H3/p+1/t6-/m0/s1. The van der Waals surface area contributed by atoms with E-state index in [1.807, 2.05) is 0 Å². The predicted molar refractivity (Wildman–Crippen MR) is 56.4 cm³/mol. The smallest absolute Gasteiger partial charge is 0.321 e. The maximum Gasteiger partial charge on any atom is 0.355 e. The number of imide groups is 1. The molecule has 1 aliphatic heterocycles. The Morgan fingerprint density at radius 3 is 2.60 bits per heavy atom. The maximum absolute atomic E-state index is 11.6. The summed E-state index contributed by atoms with van der Waals surface area (Å²) in [5.74, 6) is -1.22. The molecule has 0 aliphatic carbocycles. The van der Waals surface area contributed by atoms with E-state index in [1.54, 1.807) is 6.92 Å². The van der Waals surface area contributed by atoms with Gasteiger partial charge in [0.25, 0.3) is 0 Å². The molecule has 2 atom stereocenters. The number of amides is 2. The largest absolute Gasteiger partial charge is 0.355 e. The molecule has 1 aliphatic rings. The first-order valence-corrected chi connectivity index (χ1v) is 5.23. The lowest BCUT2D eigenvalue weighted by atomic mass is 10.1. The van der Waals surface area contributed by atoms with Gasteiger partial charge in [-0.15, -0.1) is 0 Å². The molecule has 0 bridgehead atoms. The van der Waals surface area contributed by atoms with E-state index in [0.29, 0.717) is 6.54 Å². The van der Waals surface area contributed by atoms with Crippen molar-refractivity contribution in [1.29, 1.82) is 0 Å². The quantitative estimate of drug-likeness (QED) is 0.288. The molecule has 5 nitrogen and oxygen atoms in total. The van der Waals surface area contributed by atoms with Crippen LogP contribution in [0, 0.1) is 0 Å². The molecule has 0 saturated carbocycles. The van der Waals surface area contributed by atoms with E-state index in [9.17, 15) is 14.4 Å². The van der Waals surface area contributed by atoms with Crippen molar-refractivity contribution in [2.75, 3.05) is 12.3 Å². The molecule has 0 radical (unpaired) electrons. The Hall–Kier alpha value is -0.980. The number of quaternary nitrogens is 1. The average molecular weight is 229 g/mol. The highest BCUT2D eigenvalue weighted by Gasteiger charge is 2.40. The van der Waals surface area contributed by atoms with Crippen LogP contribution < -0.4 is 10.6 Å². The molecule has 0 aromatic rings. The summed E-state index contributed by atoms with van der Waals surface area (Å²) in [4.78, 5) is 34.6. The molecule has 15 heavy (non-hydrogen) atoms. The Bertz CT molecular complexity index is 351. The van der Waals surface area contributed by atoms with Crippen molar-refractivity contribution in [2.45, 2.75) is 13.0 Å². The van der Waals surface area contributed by atoms with Gasteiger partial charge in [-0.1, -0.05) is 0 Å². The lowest BCUT2D eigenvalue weighted by Crippen LogP contribution is -3.15. The van der Waals surface area contributed by atoms with Gasteiger partial charge in [0.2, 0.25) is 0 Å². The highest BCUT2D eigenvalue weighted by molar-refractivity contribution is 7.80. The summed E-state index contributed by atoms with van der Waals surface area (Å²) in [6, 6.07) is -0.826. The Morgan fingerprint density at radius 1 is 1.60 bits per heavy atom. The maximum atomic E-state index is 11.6. The first-order valence-electron chi connectivity index (χ1n) is 4.60. The van der Waals surface area contributed by atoms with Gasteiger partial charge in [-0.2, -0.15) is 12.6 Å². The van der Waals surface area contributed by atoms with E-state index < -0.39 is 17.7 Å². The Balaban J connectivity index is 2.90. The fourth-order valence-corrected chi connectivity index (χ4v) is 1.52. The van der Waals surface area contributed by atoms with Crippen molar-refractivity contribution in [1.82, 2.24) is 0 Å². The molecular formula is C9H13N2O3S+. The highest BCUT2D eigenvalue weighted by atomic mass is 32.1. The second-order valence-corrected chi connectivity index (χ2v) is 3.60. The van der Waals surface area contributed by atoms with Crippen LogP contribution in [0.25, 0.3) is 0 Å². The number of ketones is 1. The fourth-order valence-electron chi connectivity index (χ4n) is 1.36. The topological polar surface area (TPSA) is 81.7 Å². The van der Waals surface area contributed by atoms with Crippen LogP contribution in [0.5, 0.6) is 0 Å². The minimum absolute atomic E-state index is 0.0987. The van der Waals surface area contributed by atoms with Gasteiger partial charge in [0, 0.05) is 5.75 Å². The van der Waals surface area contributed by atoms with Crippen molar-refractivity contribution in [3.63, 3.8) is 0 Å². The second-order valence-electron chi connectivity index (χ2n) is 3.24. The van der Waals surface area contributed by atoms with Crippen LogP contribution in [0.15, 0.2) is 11.6 Å². The lowest BCUT2D eigenvalue weighted by molar-refractivity contribution is -0.727. The SMILES string of the molecule is CC[NH+]1C(=O)C=C(C(=O)[C@@H](N)CS)C1=O. The Morgan fingerprint density at radius 2 is 2.20 bits per heavy atom. The third-order valence-corrected chi connectivity index (χ3v) is 2.64.